The summed E-state index contributed by atoms with van der Waals surface area (Å²) in [5.74, 6) is 1.26. The number of carbonyl (C=O) groups is 1. The number of nitrogens with one attached hydrogen (secondary N) is 1. The summed E-state index contributed by atoms with van der Waals surface area (Å²) in [7, 11) is 1.53. The van der Waals surface area contributed by atoms with Gasteiger partial charge in [-0.2, -0.15) is 4.98 Å². The largest absolute Gasteiger partial charge is 0.480 e. The van der Waals surface area contributed by atoms with Gasteiger partial charge in [-0.1, -0.05) is 5.16 Å². The summed E-state index contributed by atoms with van der Waals surface area (Å²) in [5, 5.41) is 6.84. The first-order valence-electron chi connectivity index (χ1n) is 9.03. The summed E-state index contributed by atoms with van der Waals surface area (Å²) < 4.78 is 16.1. The van der Waals surface area contributed by atoms with E-state index in [1.54, 1.807) is 0 Å². The minimum absolute atomic E-state index is 0.0902. The monoisotopic (exact) mass is 358 g/mol. The Morgan fingerprint density at radius 2 is 2.27 bits per heavy atom. The predicted octanol–water partition coefficient (Wildman–Crippen LogP) is 1.79. The number of hydrogen-bond donors (Lipinski definition) is 1. The Hall–Kier alpha value is -2.48. The first kappa shape index (κ1) is 17.0. The van der Waals surface area contributed by atoms with Crippen LogP contribution in [0.25, 0.3) is 0 Å². The smallest absolute Gasteiger partial charge is 0.256 e. The standard InChI is InChI=1S/C18H22N4O4/c1-24-17-12(10-11-4-2-5-13(11)20-17)16(23)19-8-7-15-21-18(26-22-15)14-6-3-9-25-14/h10,14H,2-9H2,1H3,(H,19,23)/t14-/m1/s1. The van der Waals surface area contributed by atoms with E-state index in [0.717, 1.165) is 50.0 Å². The van der Waals surface area contributed by atoms with E-state index in [2.05, 4.69) is 20.4 Å². The lowest BCUT2D eigenvalue weighted by molar-refractivity contribution is 0.0835. The van der Waals surface area contributed by atoms with Crippen LogP contribution in [0, 0.1) is 0 Å². The topological polar surface area (TPSA) is 99.4 Å². The highest BCUT2D eigenvalue weighted by atomic mass is 16.5. The van der Waals surface area contributed by atoms with Crippen LogP contribution in [0.3, 0.4) is 0 Å². The third-order valence-corrected chi connectivity index (χ3v) is 4.78. The molecule has 0 radical (unpaired) electrons. The highest BCUT2D eigenvalue weighted by Crippen LogP contribution is 2.27. The Morgan fingerprint density at radius 3 is 3.08 bits per heavy atom. The quantitative estimate of drug-likeness (QED) is 0.840. The van der Waals surface area contributed by atoms with Gasteiger partial charge in [0.1, 0.15) is 11.7 Å². The number of ether oxygens (including phenoxy) is 2. The average Bonchev–Trinajstić information content (AvgIpc) is 3.40. The van der Waals surface area contributed by atoms with Crippen molar-refractivity contribution in [1.82, 2.24) is 20.4 Å². The Kier molecular flexibility index (Phi) is 4.83. The zero-order chi connectivity index (χ0) is 17.9. The first-order chi connectivity index (χ1) is 12.7. The molecule has 8 heteroatoms. The number of pyridine rings is 1. The van der Waals surface area contributed by atoms with E-state index in [1.807, 2.05) is 6.07 Å². The molecule has 3 heterocycles. The number of amides is 1. The molecule has 1 fully saturated rings. The third-order valence-electron chi connectivity index (χ3n) is 4.78. The third kappa shape index (κ3) is 3.41. The molecule has 2 aliphatic rings. The lowest BCUT2D eigenvalue weighted by Gasteiger charge is -2.10. The molecule has 0 saturated carbocycles. The normalized spacial score (nSPS) is 18.7. The van der Waals surface area contributed by atoms with Crippen LogP contribution in [0.5, 0.6) is 5.88 Å². The van der Waals surface area contributed by atoms with Crippen molar-refractivity contribution in [2.45, 2.75) is 44.6 Å². The number of nitrogens with zero attached hydrogens (tertiary/aromatic N) is 3. The van der Waals surface area contributed by atoms with Crippen molar-refractivity contribution in [2.75, 3.05) is 20.3 Å². The average molecular weight is 358 g/mol. The molecule has 1 saturated heterocycles. The van der Waals surface area contributed by atoms with Crippen molar-refractivity contribution in [3.05, 3.63) is 34.6 Å². The zero-order valence-corrected chi connectivity index (χ0v) is 14.8. The lowest BCUT2D eigenvalue weighted by Crippen LogP contribution is -2.27. The summed E-state index contributed by atoms with van der Waals surface area (Å²) in [6.45, 7) is 1.14. The van der Waals surface area contributed by atoms with Crippen LogP contribution in [-0.2, 0) is 24.0 Å². The number of fused-ring (bicyclic) bond motifs is 1. The van der Waals surface area contributed by atoms with E-state index >= 15 is 0 Å². The van der Waals surface area contributed by atoms with Crippen molar-refractivity contribution in [3.63, 3.8) is 0 Å². The van der Waals surface area contributed by atoms with E-state index < -0.39 is 0 Å². The molecule has 2 aromatic rings. The number of rotatable bonds is 6. The summed E-state index contributed by atoms with van der Waals surface area (Å²) in [5.41, 5.74) is 2.64. The fraction of sp³-hybridized carbons (Fsp3) is 0.556. The second-order valence-corrected chi connectivity index (χ2v) is 6.56. The maximum atomic E-state index is 12.5. The molecule has 1 aliphatic heterocycles. The van der Waals surface area contributed by atoms with Gasteiger partial charge in [-0.05, 0) is 43.7 Å². The molecular formula is C18H22N4O4. The number of carbonyl (C=O) groups excluding carboxylic acids is 1. The molecule has 26 heavy (non-hydrogen) atoms. The van der Waals surface area contributed by atoms with Crippen molar-refractivity contribution >= 4 is 5.91 Å². The van der Waals surface area contributed by atoms with Crippen molar-refractivity contribution in [3.8, 4) is 5.88 Å². The van der Waals surface area contributed by atoms with Crippen LogP contribution in [0.1, 0.15) is 58.7 Å². The van der Waals surface area contributed by atoms with Gasteiger partial charge < -0.3 is 19.3 Å². The van der Waals surface area contributed by atoms with Gasteiger partial charge >= 0.3 is 0 Å². The summed E-state index contributed by atoms with van der Waals surface area (Å²) in [4.78, 5) is 21.3. The van der Waals surface area contributed by atoms with Gasteiger partial charge in [0.2, 0.25) is 5.88 Å². The molecule has 0 spiro atoms. The molecule has 4 rings (SSSR count). The molecule has 8 nitrogen and oxygen atoms in total. The molecule has 138 valence electrons. The number of hydrogen-bond acceptors (Lipinski definition) is 7. The van der Waals surface area contributed by atoms with E-state index in [4.69, 9.17) is 14.0 Å². The van der Waals surface area contributed by atoms with Gasteiger partial charge in [-0.25, -0.2) is 4.98 Å². The fourth-order valence-corrected chi connectivity index (χ4v) is 3.43. The Morgan fingerprint density at radius 1 is 1.35 bits per heavy atom. The number of aryl methyl sites for hydroxylation is 2. The molecule has 2 aromatic heterocycles. The molecular weight excluding hydrogens is 336 g/mol. The minimum atomic E-state index is -0.202. The SMILES string of the molecule is COc1nc2c(cc1C(=O)NCCc1noc([C@H]3CCCO3)n1)CCC2. The fourth-order valence-electron chi connectivity index (χ4n) is 3.43. The lowest BCUT2D eigenvalue weighted by atomic mass is 10.1. The van der Waals surface area contributed by atoms with Crippen molar-refractivity contribution < 1.29 is 18.8 Å². The minimum Gasteiger partial charge on any atom is -0.480 e. The van der Waals surface area contributed by atoms with Crippen LogP contribution in [0.15, 0.2) is 10.6 Å². The van der Waals surface area contributed by atoms with E-state index in [1.165, 1.54) is 7.11 Å². The molecule has 1 aliphatic carbocycles. The van der Waals surface area contributed by atoms with Gasteiger partial charge in [0.25, 0.3) is 11.8 Å². The molecule has 0 aromatic carbocycles. The number of aromatic nitrogens is 3. The van der Waals surface area contributed by atoms with Crippen LogP contribution < -0.4 is 10.1 Å². The van der Waals surface area contributed by atoms with Gasteiger partial charge in [-0.15, -0.1) is 0 Å². The van der Waals surface area contributed by atoms with E-state index in [-0.39, 0.29) is 12.0 Å². The molecule has 0 unspecified atom stereocenters. The molecule has 1 atom stereocenters. The highest BCUT2D eigenvalue weighted by Gasteiger charge is 2.24. The maximum Gasteiger partial charge on any atom is 0.256 e. The maximum absolute atomic E-state index is 12.5. The van der Waals surface area contributed by atoms with Crippen LogP contribution in [0.2, 0.25) is 0 Å². The van der Waals surface area contributed by atoms with Crippen LogP contribution in [0.4, 0.5) is 0 Å². The summed E-state index contributed by atoms with van der Waals surface area (Å²) >= 11 is 0. The predicted molar refractivity (Wildman–Crippen MR) is 91.1 cm³/mol. The van der Waals surface area contributed by atoms with Crippen LogP contribution in [-0.4, -0.2) is 41.3 Å². The molecule has 1 N–H and O–H groups in total. The van der Waals surface area contributed by atoms with Gasteiger partial charge in [0.15, 0.2) is 5.82 Å². The number of methoxy groups -OCH3 is 1. The Balaban J connectivity index is 1.35. The first-order valence-corrected chi connectivity index (χ1v) is 9.03. The van der Waals surface area contributed by atoms with Gasteiger partial charge in [0, 0.05) is 25.3 Å². The molecule has 1 amide bonds. The van der Waals surface area contributed by atoms with E-state index in [9.17, 15) is 4.79 Å². The summed E-state index contributed by atoms with van der Waals surface area (Å²) in [6, 6.07) is 1.90. The second-order valence-electron chi connectivity index (χ2n) is 6.56. The van der Waals surface area contributed by atoms with Crippen LogP contribution >= 0.6 is 0 Å². The Labute approximate surface area is 151 Å². The highest BCUT2D eigenvalue weighted by molar-refractivity contribution is 5.96. The second kappa shape index (κ2) is 7.41. The van der Waals surface area contributed by atoms with Gasteiger partial charge in [0.05, 0.1) is 7.11 Å². The van der Waals surface area contributed by atoms with Crippen molar-refractivity contribution in [2.24, 2.45) is 0 Å². The van der Waals surface area contributed by atoms with Crippen molar-refractivity contribution in [1.29, 1.82) is 0 Å². The Bertz CT molecular complexity index is 798. The van der Waals surface area contributed by atoms with Gasteiger partial charge in [-0.3, -0.25) is 4.79 Å². The molecule has 0 bridgehead atoms. The summed E-state index contributed by atoms with van der Waals surface area (Å²) in [6.07, 6.45) is 5.29. The zero-order valence-electron chi connectivity index (χ0n) is 14.8. The van der Waals surface area contributed by atoms with E-state index in [0.29, 0.717) is 36.1 Å².